The third kappa shape index (κ3) is 2.90. The van der Waals surface area contributed by atoms with Crippen LogP contribution in [0.5, 0.6) is 0 Å². The van der Waals surface area contributed by atoms with Gasteiger partial charge in [-0.05, 0) is 66.1 Å². The molecule has 2 atom stereocenters. The van der Waals surface area contributed by atoms with Gasteiger partial charge in [-0.25, -0.2) is 0 Å². The summed E-state index contributed by atoms with van der Waals surface area (Å²) in [5, 5.41) is 11.7. The summed E-state index contributed by atoms with van der Waals surface area (Å²) in [4.78, 5) is 13.1. The Labute approximate surface area is 164 Å². The number of Topliss-reactive ketones (excluding diaryl/α,β-unsaturated/α-hetero) is 1. The first-order valence-electron chi connectivity index (χ1n) is 9.54. The van der Waals surface area contributed by atoms with Gasteiger partial charge in [-0.3, -0.25) is 4.79 Å². The molecule has 1 N–H and O–H groups in total. The molecule has 1 saturated heterocycles. The Hall–Kier alpha value is -2.10. The first-order valence-corrected chi connectivity index (χ1v) is 9.92. The number of fused-ring (bicyclic) bond motifs is 2. The highest BCUT2D eigenvalue weighted by Gasteiger charge is 2.52. The van der Waals surface area contributed by atoms with Crippen LogP contribution >= 0.6 is 11.6 Å². The largest absolute Gasteiger partial charge is 0.508 e. The first-order chi connectivity index (χ1) is 13.0. The van der Waals surface area contributed by atoms with E-state index >= 15 is 0 Å². The number of aryl methyl sites for hydroxylation is 1. The predicted molar refractivity (Wildman–Crippen MR) is 108 cm³/mol. The van der Waals surface area contributed by atoms with Crippen LogP contribution in [0.4, 0.5) is 0 Å². The van der Waals surface area contributed by atoms with Crippen LogP contribution in [0.3, 0.4) is 0 Å². The fraction of sp³-hybridized carbons (Fsp3) is 0.348. The smallest absolute Gasteiger partial charge is 0.195 e. The number of ether oxygens (including phenoxy) is 1. The number of hydrogen-bond acceptors (Lipinski definition) is 3. The molecule has 2 aromatic carbocycles. The Balaban J connectivity index is 1.89. The third-order valence-electron chi connectivity index (χ3n) is 5.89. The van der Waals surface area contributed by atoms with Crippen molar-refractivity contribution in [3.63, 3.8) is 0 Å². The summed E-state index contributed by atoms with van der Waals surface area (Å²) in [5.74, 6) is 0.00346. The van der Waals surface area contributed by atoms with Crippen molar-refractivity contribution in [1.29, 1.82) is 0 Å². The Bertz CT molecular complexity index is 929. The molecule has 140 valence electrons. The molecule has 2 aromatic rings. The summed E-state index contributed by atoms with van der Waals surface area (Å²) in [6.07, 6.45) is 2.35. The van der Waals surface area contributed by atoms with E-state index in [9.17, 15) is 9.90 Å². The summed E-state index contributed by atoms with van der Waals surface area (Å²) in [6.45, 7) is 4.06. The number of ketones is 1. The van der Waals surface area contributed by atoms with E-state index in [4.69, 9.17) is 16.3 Å². The van der Waals surface area contributed by atoms with Gasteiger partial charge in [-0.15, -0.1) is 0 Å². The zero-order valence-electron chi connectivity index (χ0n) is 15.6. The second-order valence-electron chi connectivity index (χ2n) is 7.31. The van der Waals surface area contributed by atoms with E-state index in [1.165, 1.54) is 0 Å². The number of aliphatic hydroxyl groups excluding tert-OH is 1. The molecule has 1 fully saturated rings. The molecule has 0 radical (unpaired) electrons. The summed E-state index contributed by atoms with van der Waals surface area (Å²) >= 11 is 6.01. The van der Waals surface area contributed by atoms with Crippen LogP contribution < -0.4 is 0 Å². The lowest BCUT2D eigenvalue weighted by atomic mass is 9.85. The maximum absolute atomic E-state index is 13.1. The van der Waals surface area contributed by atoms with E-state index in [0.29, 0.717) is 29.9 Å². The van der Waals surface area contributed by atoms with E-state index in [1.807, 2.05) is 43.3 Å². The SMILES string of the molecule is CCc1ccc(-c2ccc(Cl)cc2)cc1C1=C(O)[C@@]2(CC)CC[C@@H](O2)C1=O. The monoisotopic (exact) mass is 382 g/mol. The van der Waals surface area contributed by atoms with Crippen molar-refractivity contribution in [1.82, 2.24) is 0 Å². The topological polar surface area (TPSA) is 46.5 Å². The van der Waals surface area contributed by atoms with Crippen molar-refractivity contribution in [2.24, 2.45) is 0 Å². The van der Waals surface area contributed by atoms with Gasteiger partial charge in [0.1, 0.15) is 17.5 Å². The normalized spacial score (nSPS) is 24.6. The zero-order chi connectivity index (χ0) is 19.2. The predicted octanol–water partition coefficient (Wildman–Crippen LogP) is 5.75. The quantitative estimate of drug-likeness (QED) is 0.732. The molecule has 4 heteroatoms. The molecule has 2 aliphatic rings. The Morgan fingerprint density at radius 2 is 1.85 bits per heavy atom. The standard InChI is InChI=1S/C23H23ClO3/c1-3-14-5-6-16(15-7-9-17(24)10-8-15)13-18(14)20-21(25)19-11-12-23(4-2,27-19)22(20)26/h5-10,13,19,26H,3-4,11-12H2,1-2H3/t19-,23-/m1/s1. The van der Waals surface area contributed by atoms with Crippen LogP contribution in [0.25, 0.3) is 16.7 Å². The number of hydrogen-bond donors (Lipinski definition) is 1. The number of halogens is 1. The summed E-state index contributed by atoms with van der Waals surface area (Å²) in [5.41, 5.74) is 3.62. The number of rotatable bonds is 4. The van der Waals surface area contributed by atoms with Gasteiger partial charge in [0.2, 0.25) is 0 Å². The Morgan fingerprint density at radius 3 is 2.52 bits per heavy atom. The molecule has 0 aliphatic carbocycles. The lowest BCUT2D eigenvalue weighted by Gasteiger charge is -2.33. The molecule has 4 rings (SSSR count). The third-order valence-corrected chi connectivity index (χ3v) is 6.15. The van der Waals surface area contributed by atoms with E-state index < -0.39 is 11.7 Å². The molecule has 2 heterocycles. The fourth-order valence-corrected chi connectivity index (χ4v) is 4.37. The van der Waals surface area contributed by atoms with Gasteiger partial charge in [0.05, 0.1) is 5.57 Å². The van der Waals surface area contributed by atoms with E-state index in [2.05, 4.69) is 13.0 Å². The number of aliphatic hydroxyl groups is 1. The van der Waals surface area contributed by atoms with Gasteiger partial charge in [0.15, 0.2) is 5.78 Å². The van der Waals surface area contributed by atoms with Crippen molar-refractivity contribution in [3.8, 4) is 11.1 Å². The number of carbonyl (C=O) groups excluding carboxylic acids is 1. The second kappa shape index (κ2) is 6.81. The number of carbonyl (C=O) groups is 1. The molecule has 3 nitrogen and oxygen atoms in total. The van der Waals surface area contributed by atoms with Gasteiger partial charge < -0.3 is 9.84 Å². The van der Waals surface area contributed by atoms with Gasteiger partial charge in [0.25, 0.3) is 0 Å². The summed E-state index contributed by atoms with van der Waals surface area (Å²) in [7, 11) is 0. The number of benzene rings is 2. The molecule has 0 amide bonds. The molecule has 2 bridgehead atoms. The molecule has 0 unspecified atom stereocenters. The van der Waals surface area contributed by atoms with Crippen LogP contribution in [0.2, 0.25) is 5.02 Å². The molecular formula is C23H23ClO3. The van der Waals surface area contributed by atoms with E-state index in [0.717, 1.165) is 28.7 Å². The van der Waals surface area contributed by atoms with Crippen LogP contribution in [0.1, 0.15) is 44.2 Å². The van der Waals surface area contributed by atoms with E-state index in [-0.39, 0.29) is 11.5 Å². The van der Waals surface area contributed by atoms with Gasteiger partial charge in [-0.2, -0.15) is 0 Å². The zero-order valence-corrected chi connectivity index (χ0v) is 16.3. The summed E-state index contributed by atoms with van der Waals surface area (Å²) in [6, 6.07) is 13.7. The van der Waals surface area contributed by atoms with Gasteiger partial charge in [-0.1, -0.05) is 49.7 Å². The van der Waals surface area contributed by atoms with Crippen molar-refractivity contribution in [3.05, 3.63) is 64.4 Å². The van der Waals surface area contributed by atoms with Crippen molar-refractivity contribution < 1.29 is 14.6 Å². The lowest BCUT2D eigenvalue weighted by Crippen LogP contribution is -2.39. The first kappa shape index (κ1) is 18.3. The van der Waals surface area contributed by atoms with Crippen molar-refractivity contribution >= 4 is 23.0 Å². The average molecular weight is 383 g/mol. The molecular weight excluding hydrogens is 360 g/mol. The van der Waals surface area contributed by atoms with Gasteiger partial charge in [0, 0.05) is 5.02 Å². The maximum atomic E-state index is 13.1. The minimum atomic E-state index is -0.713. The van der Waals surface area contributed by atoms with Gasteiger partial charge >= 0.3 is 0 Å². The second-order valence-corrected chi connectivity index (χ2v) is 7.75. The van der Waals surface area contributed by atoms with Crippen LogP contribution in [0, 0.1) is 0 Å². The molecule has 2 aliphatic heterocycles. The van der Waals surface area contributed by atoms with Crippen molar-refractivity contribution in [2.45, 2.75) is 51.2 Å². The van der Waals surface area contributed by atoms with E-state index in [1.54, 1.807) is 0 Å². The molecule has 0 aromatic heterocycles. The van der Waals surface area contributed by atoms with Crippen LogP contribution in [-0.2, 0) is 16.0 Å². The molecule has 27 heavy (non-hydrogen) atoms. The minimum Gasteiger partial charge on any atom is -0.508 e. The highest BCUT2D eigenvalue weighted by molar-refractivity contribution is 6.30. The fourth-order valence-electron chi connectivity index (χ4n) is 4.25. The summed E-state index contributed by atoms with van der Waals surface area (Å²) < 4.78 is 5.94. The highest BCUT2D eigenvalue weighted by atomic mass is 35.5. The average Bonchev–Trinajstić information content (AvgIpc) is 3.10. The van der Waals surface area contributed by atoms with Crippen molar-refractivity contribution in [2.75, 3.05) is 0 Å². The molecule has 0 saturated carbocycles. The minimum absolute atomic E-state index is 0.1000. The van der Waals surface area contributed by atoms with Crippen LogP contribution in [-0.4, -0.2) is 22.6 Å². The van der Waals surface area contributed by atoms with Crippen LogP contribution in [0.15, 0.2) is 48.2 Å². The molecule has 0 spiro atoms. The maximum Gasteiger partial charge on any atom is 0.195 e. The Morgan fingerprint density at radius 1 is 1.15 bits per heavy atom. The highest BCUT2D eigenvalue weighted by Crippen LogP contribution is 2.47. The lowest BCUT2D eigenvalue weighted by molar-refractivity contribution is -0.132. The Kier molecular flexibility index (Phi) is 4.61.